The lowest BCUT2D eigenvalue weighted by molar-refractivity contribution is -0.132. The number of carbonyl (C=O) groups is 2. The highest BCUT2D eigenvalue weighted by Crippen LogP contribution is 2.13. The second-order valence-corrected chi connectivity index (χ2v) is 8.16. The van der Waals surface area contributed by atoms with Gasteiger partial charge in [0.1, 0.15) is 5.82 Å². The maximum atomic E-state index is 13.3. The highest BCUT2D eigenvalue weighted by molar-refractivity contribution is 5.94. The number of nitrogens with one attached hydrogen (secondary N) is 1. The molecule has 166 valence electrons. The number of anilines is 1. The number of nitrogens with zero attached hydrogens (tertiary/aromatic N) is 3. The van der Waals surface area contributed by atoms with E-state index >= 15 is 0 Å². The van der Waals surface area contributed by atoms with Gasteiger partial charge in [-0.25, -0.2) is 4.39 Å². The molecule has 2 aromatic carbocycles. The molecule has 6 nitrogen and oxygen atoms in total. The molecule has 0 aliphatic carbocycles. The number of likely N-dealkylation sites (N-methyl/N-ethyl adjacent to an activating group) is 1. The molecule has 2 aromatic rings. The van der Waals surface area contributed by atoms with Gasteiger partial charge >= 0.3 is 0 Å². The van der Waals surface area contributed by atoms with E-state index in [9.17, 15) is 14.0 Å². The Morgan fingerprint density at radius 1 is 1.10 bits per heavy atom. The van der Waals surface area contributed by atoms with Crippen molar-refractivity contribution in [3.8, 4) is 0 Å². The van der Waals surface area contributed by atoms with Gasteiger partial charge in [0.15, 0.2) is 0 Å². The lowest BCUT2D eigenvalue weighted by Crippen LogP contribution is -2.54. The van der Waals surface area contributed by atoms with E-state index in [2.05, 4.69) is 28.1 Å². The van der Waals surface area contributed by atoms with Gasteiger partial charge in [0.05, 0.1) is 12.6 Å². The standard InChI is InChI=1S/C24H31FN4O2/c1-18-7-4-5-8-20(18)16-27(3)23(30)17-28-11-13-29(14-12-28)19(2)24(31)26-22-10-6-9-21(25)15-22/h4-10,15,19H,11-14,16-17H2,1-3H3,(H,26,31). The van der Waals surface area contributed by atoms with Crippen LogP contribution in [0.5, 0.6) is 0 Å². The first kappa shape index (κ1) is 22.9. The van der Waals surface area contributed by atoms with Gasteiger partial charge in [0, 0.05) is 45.5 Å². The first-order valence-electron chi connectivity index (χ1n) is 10.6. The van der Waals surface area contributed by atoms with Crippen LogP contribution in [0.4, 0.5) is 10.1 Å². The van der Waals surface area contributed by atoms with E-state index in [1.165, 1.54) is 17.7 Å². The summed E-state index contributed by atoms with van der Waals surface area (Å²) in [7, 11) is 1.84. The molecule has 7 heteroatoms. The van der Waals surface area contributed by atoms with Crippen LogP contribution in [0, 0.1) is 12.7 Å². The van der Waals surface area contributed by atoms with Gasteiger partial charge < -0.3 is 10.2 Å². The largest absolute Gasteiger partial charge is 0.340 e. The van der Waals surface area contributed by atoms with Crippen LogP contribution < -0.4 is 5.32 Å². The number of amides is 2. The molecule has 1 aliphatic heterocycles. The van der Waals surface area contributed by atoms with Gasteiger partial charge in [-0.2, -0.15) is 0 Å². The Labute approximate surface area is 183 Å². The van der Waals surface area contributed by atoms with Crippen LogP contribution in [0.25, 0.3) is 0 Å². The van der Waals surface area contributed by atoms with E-state index < -0.39 is 0 Å². The Bertz CT molecular complexity index is 912. The minimum absolute atomic E-state index is 0.0913. The lowest BCUT2D eigenvalue weighted by atomic mass is 10.1. The van der Waals surface area contributed by atoms with Crippen molar-refractivity contribution in [1.82, 2.24) is 14.7 Å². The van der Waals surface area contributed by atoms with E-state index in [0.29, 0.717) is 31.9 Å². The molecule has 0 radical (unpaired) electrons. The minimum Gasteiger partial charge on any atom is -0.340 e. The summed E-state index contributed by atoms with van der Waals surface area (Å²) in [5.74, 6) is -0.446. The van der Waals surface area contributed by atoms with Gasteiger partial charge in [0.2, 0.25) is 11.8 Å². The molecule has 0 aromatic heterocycles. The monoisotopic (exact) mass is 426 g/mol. The van der Waals surface area contributed by atoms with Crippen LogP contribution in [0.2, 0.25) is 0 Å². The summed E-state index contributed by atoms with van der Waals surface area (Å²) < 4.78 is 13.3. The van der Waals surface area contributed by atoms with E-state index in [0.717, 1.165) is 18.7 Å². The van der Waals surface area contributed by atoms with Crippen LogP contribution in [0.3, 0.4) is 0 Å². The second kappa shape index (κ2) is 10.5. The molecule has 0 spiro atoms. The fraction of sp³-hybridized carbons (Fsp3) is 0.417. The molecule has 1 N–H and O–H groups in total. The summed E-state index contributed by atoms with van der Waals surface area (Å²) in [4.78, 5) is 31.2. The number of rotatable bonds is 7. The Morgan fingerprint density at radius 2 is 1.81 bits per heavy atom. The topological polar surface area (TPSA) is 55.9 Å². The van der Waals surface area contributed by atoms with E-state index in [4.69, 9.17) is 0 Å². The van der Waals surface area contributed by atoms with Crippen LogP contribution in [-0.2, 0) is 16.1 Å². The molecule has 1 heterocycles. The maximum absolute atomic E-state index is 13.3. The third kappa shape index (κ3) is 6.35. The summed E-state index contributed by atoms with van der Waals surface area (Å²) in [6.07, 6.45) is 0. The summed E-state index contributed by atoms with van der Waals surface area (Å²) in [6, 6.07) is 13.7. The van der Waals surface area contributed by atoms with E-state index in [1.54, 1.807) is 17.0 Å². The number of aryl methyl sites for hydroxylation is 1. The Morgan fingerprint density at radius 3 is 2.48 bits per heavy atom. The molecule has 1 aliphatic rings. The summed E-state index contributed by atoms with van der Waals surface area (Å²) >= 11 is 0. The van der Waals surface area contributed by atoms with Crippen molar-refractivity contribution in [2.45, 2.75) is 26.4 Å². The zero-order valence-corrected chi connectivity index (χ0v) is 18.5. The fourth-order valence-electron chi connectivity index (χ4n) is 3.73. The predicted octanol–water partition coefficient (Wildman–Crippen LogP) is 2.74. The minimum atomic E-state index is -0.379. The lowest BCUT2D eigenvalue weighted by Gasteiger charge is -2.37. The van der Waals surface area contributed by atoms with Gasteiger partial charge in [-0.3, -0.25) is 19.4 Å². The average molecular weight is 427 g/mol. The van der Waals surface area contributed by atoms with Crippen LogP contribution in [0.1, 0.15) is 18.1 Å². The van der Waals surface area contributed by atoms with Crippen molar-refractivity contribution in [2.24, 2.45) is 0 Å². The molecule has 0 bridgehead atoms. The van der Waals surface area contributed by atoms with Crippen molar-refractivity contribution in [2.75, 3.05) is 45.1 Å². The van der Waals surface area contributed by atoms with Crippen molar-refractivity contribution in [3.05, 3.63) is 65.5 Å². The Balaban J connectivity index is 1.44. The third-order valence-corrected chi connectivity index (χ3v) is 5.88. The van der Waals surface area contributed by atoms with E-state index in [-0.39, 0.29) is 23.7 Å². The first-order valence-corrected chi connectivity index (χ1v) is 10.6. The zero-order valence-electron chi connectivity index (χ0n) is 18.5. The molecule has 1 fully saturated rings. The van der Waals surface area contributed by atoms with Crippen molar-refractivity contribution >= 4 is 17.5 Å². The molecular formula is C24H31FN4O2. The Hall–Kier alpha value is -2.77. The molecule has 1 atom stereocenters. The number of carbonyl (C=O) groups excluding carboxylic acids is 2. The Kier molecular flexibility index (Phi) is 7.76. The molecule has 3 rings (SSSR count). The van der Waals surface area contributed by atoms with Crippen molar-refractivity contribution < 1.29 is 14.0 Å². The second-order valence-electron chi connectivity index (χ2n) is 8.16. The summed E-state index contributed by atoms with van der Waals surface area (Å²) in [6.45, 7) is 7.73. The quantitative estimate of drug-likeness (QED) is 0.740. The summed E-state index contributed by atoms with van der Waals surface area (Å²) in [5, 5.41) is 2.77. The number of hydrogen-bond acceptors (Lipinski definition) is 4. The fourth-order valence-corrected chi connectivity index (χ4v) is 3.73. The molecule has 1 unspecified atom stereocenters. The van der Waals surface area contributed by atoms with Gasteiger partial charge in [0.25, 0.3) is 0 Å². The number of benzene rings is 2. The normalized spacial score (nSPS) is 16.0. The van der Waals surface area contributed by atoms with E-state index in [1.807, 2.05) is 32.2 Å². The summed E-state index contributed by atoms with van der Waals surface area (Å²) in [5.41, 5.74) is 2.79. The van der Waals surface area contributed by atoms with Gasteiger partial charge in [-0.05, 0) is 43.2 Å². The first-order chi connectivity index (χ1) is 14.8. The van der Waals surface area contributed by atoms with Crippen molar-refractivity contribution in [1.29, 1.82) is 0 Å². The highest BCUT2D eigenvalue weighted by Gasteiger charge is 2.27. The van der Waals surface area contributed by atoms with Crippen LogP contribution >= 0.6 is 0 Å². The third-order valence-electron chi connectivity index (χ3n) is 5.88. The van der Waals surface area contributed by atoms with Gasteiger partial charge in [-0.15, -0.1) is 0 Å². The van der Waals surface area contributed by atoms with Crippen LogP contribution in [-0.4, -0.2) is 72.3 Å². The highest BCUT2D eigenvalue weighted by atomic mass is 19.1. The molecular weight excluding hydrogens is 395 g/mol. The van der Waals surface area contributed by atoms with Crippen molar-refractivity contribution in [3.63, 3.8) is 0 Å². The molecule has 31 heavy (non-hydrogen) atoms. The molecule has 1 saturated heterocycles. The number of halogens is 1. The zero-order chi connectivity index (χ0) is 22.4. The SMILES string of the molecule is Cc1ccccc1CN(C)C(=O)CN1CCN(C(C)C(=O)Nc2cccc(F)c2)CC1. The smallest absolute Gasteiger partial charge is 0.241 e. The maximum Gasteiger partial charge on any atom is 0.241 e. The number of piperazine rings is 1. The molecule has 0 saturated carbocycles. The van der Waals surface area contributed by atoms with Crippen LogP contribution in [0.15, 0.2) is 48.5 Å². The van der Waals surface area contributed by atoms with Gasteiger partial charge in [-0.1, -0.05) is 30.3 Å². The average Bonchev–Trinajstić information content (AvgIpc) is 2.75. The number of hydrogen-bond donors (Lipinski definition) is 1. The molecule has 2 amide bonds. The predicted molar refractivity (Wildman–Crippen MR) is 120 cm³/mol.